The maximum Gasteiger partial charge on any atom is 0.261 e. The van der Waals surface area contributed by atoms with Crippen LogP contribution in [0.3, 0.4) is 0 Å². The van der Waals surface area contributed by atoms with E-state index in [0.29, 0.717) is 25.6 Å². The van der Waals surface area contributed by atoms with Crippen molar-refractivity contribution in [2.45, 2.75) is 111 Å². The van der Waals surface area contributed by atoms with Crippen molar-refractivity contribution in [2.24, 2.45) is 17.3 Å². The third kappa shape index (κ3) is 9.49. The molecule has 5 heteroatoms. The maximum absolute atomic E-state index is 11.2. The molecule has 41 heavy (non-hydrogen) atoms. The monoisotopic (exact) mass is 596 g/mol. The van der Waals surface area contributed by atoms with E-state index in [1.54, 1.807) is 0 Å². The minimum atomic E-state index is -2.55. The number of aliphatic hydroxyl groups is 1. The summed E-state index contributed by atoms with van der Waals surface area (Å²) >= 11 is 0. The first-order valence-corrected chi connectivity index (χ1v) is 20.4. The Bertz CT molecular complexity index is 1010. The SMILES string of the molecule is C=C[C@H](CC(O)CC(C)(C)CO[Si](C)(C)C(C)(C)C)[C@H](C)CCO[Si](c1ccccc1)(c1ccccc1)C(C)(C)C. The molecule has 0 heterocycles. The first-order chi connectivity index (χ1) is 18.9. The number of rotatable bonds is 15. The Morgan fingerprint density at radius 1 is 0.805 bits per heavy atom. The van der Waals surface area contributed by atoms with Crippen LogP contribution in [0.5, 0.6) is 0 Å². The zero-order valence-corrected chi connectivity index (χ0v) is 30.1. The Morgan fingerprint density at radius 2 is 1.29 bits per heavy atom. The van der Waals surface area contributed by atoms with E-state index in [0.717, 1.165) is 12.8 Å². The zero-order chi connectivity index (χ0) is 31.1. The second-order valence-electron chi connectivity index (χ2n) is 15.5. The van der Waals surface area contributed by atoms with E-state index < -0.39 is 22.7 Å². The third-order valence-corrected chi connectivity index (χ3v) is 18.8. The molecule has 1 unspecified atom stereocenters. The Hall–Kier alpha value is -1.51. The van der Waals surface area contributed by atoms with Crippen LogP contribution in [-0.4, -0.2) is 41.1 Å². The van der Waals surface area contributed by atoms with Crippen molar-refractivity contribution >= 4 is 27.0 Å². The van der Waals surface area contributed by atoms with Gasteiger partial charge in [-0.3, -0.25) is 0 Å². The summed E-state index contributed by atoms with van der Waals surface area (Å²) in [7, 11) is -4.37. The molecular weight excluding hydrogens is 537 g/mol. The normalized spacial score (nSPS) is 15.8. The van der Waals surface area contributed by atoms with Gasteiger partial charge < -0.3 is 14.0 Å². The smallest absolute Gasteiger partial charge is 0.261 e. The lowest BCUT2D eigenvalue weighted by Crippen LogP contribution is -2.66. The van der Waals surface area contributed by atoms with Crippen molar-refractivity contribution in [3.05, 3.63) is 73.3 Å². The van der Waals surface area contributed by atoms with Crippen molar-refractivity contribution in [2.75, 3.05) is 13.2 Å². The van der Waals surface area contributed by atoms with Crippen LogP contribution in [0.25, 0.3) is 0 Å². The zero-order valence-electron chi connectivity index (χ0n) is 28.1. The number of allylic oxidation sites excluding steroid dienone is 1. The molecule has 0 fully saturated rings. The van der Waals surface area contributed by atoms with Crippen molar-refractivity contribution in [3.8, 4) is 0 Å². The molecule has 0 amide bonds. The highest BCUT2D eigenvalue weighted by Crippen LogP contribution is 2.39. The second kappa shape index (κ2) is 14.3. The number of hydrogen-bond acceptors (Lipinski definition) is 3. The fourth-order valence-electron chi connectivity index (χ4n) is 5.62. The van der Waals surface area contributed by atoms with Crippen LogP contribution in [0.2, 0.25) is 23.2 Å². The molecule has 0 saturated carbocycles. The number of hydrogen-bond donors (Lipinski definition) is 1. The summed E-state index contributed by atoms with van der Waals surface area (Å²) in [6, 6.07) is 21.7. The Balaban J connectivity index is 2.09. The molecule has 2 aromatic rings. The van der Waals surface area contributed by atoms with E-state index in [4.69, 9.17) is 8.85 Å². The molecule has 0 bridgehead atoms. The van der Waals surface area contributed by atoms with Gasteiger partial charge in [0.2, 0.25) is 0 Å². The molecule has 2 rings (SSSR count). The maximum atomic E-state index is 11.2. The molecule has 0 aliphatic carbocycles. The topological polar surface area (TPSA) is 38.7 Å². The highest BCUT2D eigenvalue weighted by atomic mass is 28.4. The summed E-state index contributed by atoms with van der Waals surface area (Å²) in [5.41, 5.74) is -0.0870. The van der Waals surface area contributed by atoms with Crippen LogP contribution < -0.4 is 10.4 Å². The molecule has 3 nitrogen and oxygen atoms in total. The lowest BCUT2D eigenvalue weighted by Gasteiger charge is -2.43. The van der Waals surface area contributed by atoms with Crippen LogP contribution in [0, 0.1) is 17.3 Å². The van der Waals surface area contributed by atoms with Gasteiger partial charge in [-0.2, -0.15) is 0 Å². The van der Waals surface area contributed by atoms with Crippen LogP contribution in [-0.2, 0) is 8.85 Å². The van der Waals surface area contributed by atoms with Crippen molar-refractivity contribution in [3.63, 3.8) is 0 Å². The largest absolute Gasteiger partial charge is 0.416 e. The first kappa shape index (κ1) is 35.7. The third-order valence-electron chi connectivity index (χ3n) is 9.30. The molecule has 0 aliphatic rings. The van der Waals surface area contributed by atoms with Gasteiger partial charge in [0.25, 0.3) is 8.32 Å². The van der Waals surface area contributed by atoms with Gasteiger partial charge in [-0.25, -0.2) is 0 Å². The molecule has 230 valence electrons. The van der Waals surface area contributed by atoms with Gasteiger partial charge in [0.15, 0.2) is 8.32 Å². The highest BCUT2D eigenvalue weighted by molar-refractivity contribution is 6.99. The van der Waals surface area contributed by atoms with Gasteiger partial charge in [-0.1, -0.05) is 129 Å². The molecule has 2 aromatic carbocycles. The molecule has 3 atom stereocenters. The molecule has 1 N–H and O–H groups in total. The summed E-state index contributed by atoms with van der Waals surface area (Å²) in [6.07, 6.45) is 4.00. The van der Waals surface area contributed by atoms with Crippen molar-refractivity contribution < 1.29 is 14.0 Å². The highest BCUT2D eigenvalue weighted by Gasteiger charge is 2.50. The van der Waals surface area contributed by atoms with E-state index >= 15 is 0 Å². The van der Waals surface area contributed by atoms with Crippen LogP contribution >= 0.6 is 0 Å². The van der Waals surface area contributed by atoms with E-state index in [1.807, 2.05) is 6.08 Å². The van der Waals surface area contributed by atoms with Gasteiger partial charge in [-0.05, 0) is 70.1 Å². The van der Waals surface area contributed by atoms with E-state index in [1.165, 1.54) is 10.4 Å². The molecule has 0 aromatic heterocycles. The van der Waals surface area contributed by atoms with E-state index in [2.05, 4.69) is 143 Å². The minimum absolute atomic E-state index is 0.0367. The molecule has 0 saturated heterocycles. The summed E-state index contributed by atoms with van der Waals surface area (Å²) in [5.74, 6) is 0.580. The Labute approximate surface area is 255 Å². The first-order valence-electron chi connectivity index (χ1n) is 15.6. The molecule has 0 radical (unpaired) electrons. The average molecular weight is 597 g/mol. The Morgan fingerprint density at radius 3 is 1.71 bits per heavy atom. The predicted octanol–water partition coefficient (Wildman–Crippen LogP) is 8.58. The van der Waals surface area contributed by atoms with Crippen LogP contribution in [0.15, 0.2) is 73.3 Å². The second-order valence-corrected chi connectivity index (χ2v) is 24.6. The molecule has 0 spiro atoms. The van der Waals surface area contributed by atoms with Gasteiger partial charge in [-0.15, -0.1) is 6.58 Å². The summed E-state index contributed by atoms with van der Waals surface area (Å²) in [6.45, 7) is 30.6. The summed E-state index contributed by atoms with van der Waals surface area (Å²) in [5, 5.41) is 13.9. The van der Waals surface area contributed by atoms with Gasteiger partial charge in [0.05, 0.1) is 6.10 Å². The van der Waals surface area contributed by atoms with Crippen LogP contribution in [0.1, 0.15) is 81.6 Å². The molecular formula is C36H60O3Si2. The van der Waals surface area contributed by atoms with Crippen molar-refractivity contribution in [1.82, 2.24) is 0 Å². The fraction of sp³-hybridized carbons (Fsp3) is 0.611. The standard InChI is InChI=1S/C36H60O3Si2/c1-13-30(26-31(37)27-36(9,10)28-39-40(11,12)34(3,4)5)29(2)24-25-38-41(35(6,7)8,32-20-16-14-17-21-32)33-22-18-15-19-23-33/h13-23,29-31,37H,1,24-28H2,2-12H3/t29-,30-,31?/m1/s1. The average Bonchev–Trinajstić information content (AvgIpc) is 2.88. The summed E-state index contributed by atoms with van der Waals surface area (Å²) in [4.78, 5) is 0. The fourth-order valence-corrected chi connectivity index (χ4v) is 11.4. The summed E-state index contributed by atoms with van der Waals surface area (Å²) < 4.78 is 13.7. The van der Waals surface area contributed by atoms with Crippen molar-refractivity contribution in [1.29, 1.82) is 0 Å². The lowest BCUT2D eigenvalue weighted by atomic mass is 9.81. The quantitative estimate of drug-likeness (QED) is 0.165. The predicted molar refractivity (Wildman–Crippen MR) is 183 cm³/mol. The molecule has 0 aliphatic heterocycles. The van der Waals surface area contributed by atoms with E-state index in [9.17, 15) is 5.11 Å². The Kier molecular flexibility index (Phi) is 12.5. The van der Waals surface area contributed by atoms with Gasteiger partial charge in [0.1, 0.15) is 0 Å². The number of aliphatic hydroxyl groups excluding tert-OH is 1. The minimum Gasteiger partial charge on any atom is -0.416 e. The van der Waals surface area contributed by atoms with E-state index in [-0.39, 0.29) is 21.4 Å². The van der Waals surface area contributed by atoms with Gasteiger partial charge in [0, 0.05) is 13.2 Å². The lowest BCUT2D eigenvalue weighted by molar-refractivity contribution is 0.0590. The van der Waals surface area contributed by atoms with Crippen LogP contribution in [0.4, 0.5) is 0 Å². The van der Waals surface area contributed by atoms with Gasteiger partial charge >= 0.3 is 0 Å². The number of benzene rings is 2.